The number of methoxy groups -OCH3 is 1. The highest BCUT2D eigenvalue weighted by Gasteiger charge is 2.25. The van der Waals surface area contributed by atoms with E-state index < -0.39 is 11.7 Å². The topological polar surface area (TPSA) is 80.2 Å². The van der Waals surface area contributed by atoms with Crippen LogP contribution < -0.4 is 10.1 Å². The van der Waals surface area contributed by atoms with Crippen molar-refractivity contribution in [2.75, 3.05) is 19.0 Å². The van der Waals surface area contributed by atoms with Gasteiger partial charge in [-0.15, -0.1) is 0 Å². The molecule has 1 amide bonds. The summed E-state index contributed by atoms with van der Waals surface area (Å²) in [6.45, 7) is 3.79. The highest BCUT2D eigenvalue weighted by molar-refractivity contribution is 7.16. The number of benzene rings is 1. The molecule has 2 aromatic heterocycles. The summed E-state index contributed by atoms with van der Waals surface area (Å²) in [5.41, 5.74) is 1.19. The van der Waals surface area contributed by atoms with Crippen LogP contribution in [0.2, 0.25) is 10.2 Å². The zero-order valence-electron chi connectivity index (χ0n) is 17.4. The van der Waals surface area contributed by atoms with Gasteiger partial charge in [0.15, 0.2) is 16.7 Å². The Morgan fingerprint density at radius 2 is 2.16 bits per heavy atom. The second kappa shape index (κ2) is 9.66. The minimum atomic E-state index is -0.578. The fraction of sp³-hybridized carbons (Fsp3) is 0.333. The molecule has 3 heterocycles. The van der Waals surface area contributed by atoms with E-state index in [-0.39, 0.29) is 21.6 Å². The first kappa shape index (κ1) is 22.8. The smallest absolute Gasteiger partial charge is 0.277 e. The largest absolute Gasteiger partial charge is 0.492 e. The molecule has 3 aromatic rings. The SMILES string of the molecule is COc1c(F)cc(-c2nc(NC(=O)c3cnc(Cl)cn3)sc2CN2CCCC2C)cc1Cl. The van der Waals surface area contributed by atoms with Gasteiger partial charge in [0, 0.05) is 23.0 Å². The van der Waals surface area contributed by atoms with E-state index in [9.17, 15) is 9.18 Å². The quantitative estimate of drug-likeness (QED) is 0.500. The summed E-state index contributed by atoms with van der Waals surface area (Å²) >= 11 is 13.3. The monoisotopic (exact) mass is 495 g/mol. The Bertz CT molecular complexity index is 1120. The summed E-state index contributed by atoms with van der Waals surface area (Å²) in [6.07, 6.45) is 4.83. The van der Waals surface area contributed by atoms with Crippen molar-refractivity contribution in [1.29, 1.82) is 0 Å². The van der Waals surface area contributed by atoms with Crippen LogP contribution in [0.4, 0.5) is 9.52 Å². The average Bonchev–Trinajstić information content (AvgIpc) is 3.34. The number of nitrogens with zero attached hydrogens (tertiary/aromatic N) is 4. The molecule has 32 heavy (non-hydrogen) atoms. The van der Waals surface area contributed by atoms with Gasteiger partial charge in [0.2, 0.25) is 0 Å². The average molecular weight is 496 g/mol. The molecule has 1 N–H and O–H groups in total. The number of rotatable bonds is 6. The molecule has 0 aliphatic carbocycles. The van der Waals surface area contributed by atoms with Gasteiger partial charge < -0.3 is 4.74 Å². The first-order valence-electron chi connectivity index (χ1n) is 9.91. The molecule has 0 spiro atoms. The molecule has 1 atom stereocenters. The normalized spacial score (nSPS) is 16.3. The minimum Gasteiger partial charge on any atom is -0.492 e. The zero-order valence-corrected chi connectivity index (χ0v) is 19.7. The Hall–Kier alpha value is -2.33. The Kier molecular flexibility index (Phi) is 6.90. The fourth-order valence-electron chi connectivity index (χ4n) is 3.63. The third-order valence-electron chi connectivity index (χ3n) is 5.28. The molecule has 11 heteroatoms. The number of ether oxygens (including phenoxy) is 1. The number of hydrogen-bond acceptors (Lipinski definition) is 7. The van der Waals surface area contributed by atoms with Crippen LogP contribution in [0.1, 0.15) is 35.1 Å². The number of hydrogen-bond donors (Lipinski definition) is 1. The van der Waals surface area contributed by atoms with Crippen molar-refractivity contribution in [3.05, 3.63) is 51.1 Å². The van der Waals surface area contributed by atoms with Gasteiger partial charge >= 0.3 is 0 Å². The van der Waals surface area contributed by atoms with Gasteiger partial charge in [-0.2, -0.15) is 0 Å². The molecular weight excluding hydrogens is 476 g/mol. The van der Waals surface area contributed by atoms with Crippen LogP contribution in [0.5, 0.6) is 5.75 Å². The Balaban J connectivity index is 1.68. The number of carbonyl (C=O) groups is 1. The summed E-state index contributed by atoms with van der Waals surface area (Å²) in [5, 5.41) is 3.46. The lowest BCUT2D eigenvalue weighted by Gasteiger charge is -2.20. The van der Waals surface area contributed by atoms with Crippen molar-refractivity contribution in [1.82, 2.24) is 19.9 Å². The van der Waals surface area contributed by atoms with Crippen molar-refractivity contribution in [2.45, 2.75) is 32.4 Å². The van der Waals surface area contributed by atoms with E-state index in [4.69, 9.17) is 27.9 Å². The Morgan fingerprint density at radius 3 is 2.78 bits per heavy atom. The van der Waals surface area contributed by atoms with E-state index in [2.05, 4.69) is 32.1 Å². The van der Waals surface area contributed by atoms with Crippen molar-refractivity contribution in [3.8, 4) is 17.0 Å². The third-order valence-corrected chi connectivity index (χ3v) is 6.72. The van der Waals surface area contributed by atoms with Gasteiger partial charge in [0.1, 0.15) is 10.8 Å². The minimum absolute atomic E-state index is 0.0183. The van der Waals surface area contributed by atoms with Crippen molar-refractivity contribution >= 4 is 45.6 Å². The molecule has 1 aliphatic rings. The molecule has 1 saturated heterocycles. The summed E-state index contributed by atoms with van der Waals surface area (Å²) in [7, 11) is 1.36. The van der Waals surface area contributed by atoms with Gasteiger partial charge in [-0.1, -0.05) is 34.5 Å². The van der Waals surface area contributed by atoms with E-state index in [0.717, 1.165) is 24.3 Å². The first-order chi connectivity index (χ1) is 15.4. The van der Waals surface area contributed by atoms with Gasteiger partial charge in [0.25, 0.3) is 5.91 Å². The molecule has 7 nitrogen and oxygen atoms in total. The molecule has 1 unspecified atom stereocenters. The lowest BCUT2D eigenvalue weighted by atomic mass is 10.1. The number of anilines is 1. The summed E-state index contributed by atoms with van der Waals surface area (Å²) in [5.74, 6) is -1.06. The van der Waals surface area contributed by atoms with E-state index in [0.29, 0.717) is 29.0 Å². The maximum absolute atomic E-state index is 14.5. The number of halogens is 3. The maximum atomic E-state index is 14.5. The van der Waals surface area contributed by atoms with Gasteiger partial charge in [-0.25, -0.2) is 19.3 Å². The second-order valence-corrected chi connectivity index (χ2v) is 9.28. The summed E-state index contributed by atoms with van der Waals surface area (Å²) in [6, 6.07) is 3.39. The van der Waals surface area contributed by atoms with E-state index in [1.807, 2.05) is 0 Å². The van der Waals surface area contributed by atoms with Crippen molar-refractivity contribution in [2.24, 2.45) is 0 Å². The number of nitrogens with one attached hydrogen (secondary N) is 1. The molecule has 1 aliphatic heterocycles. The van der Waals surface area contributed by atoms with Crippen molar-refractivity contribution in [3.63, 3.8) is 0 Å². The van der Waals surface area contributed by atoms with E-state index in [1.54, 1.807) is 6.07 Å². The Labute approximate surface area is 198 Å². The van der Waals surface area contributed by atoms with Crippen LogP contribution in [0.3, 0.4) is 0 Å². The third kappa shape index (κ3) is 4.85. The fourth-order valence-corrected chi connectivity index (χ4v) is 5.02. The number of likely N-dealkylation sites (tertiary alicyclic amines) is 1. The lowest BCUT2D eigenvalue weighted by Crippen LogP contribution is -2.25. The van der Waals surface area contributed by atoms with Crippen LogP contribution in [0, 0.1) is 5.82 Å². The first-order valence-corrected chi connectivity index (χ1v) is 11.5. The molecule has 0 bridgehead atoms. The Morgan fingerprint density at radius 1 is 1.34 bits per heavy atom. The van der Waals surface area contributed by atoms with E-state index in [1.165, 1.54) is 36.9 Å². The lowest BCUT2D eigenvalue weighted by molar-refractivity contribution is 0.102. The predicted molar refractivity (Wildman–Crippen MR) is 123 cm³/mol. The van der Waals surface area contributed by atoms with Crippen LogP contribution in [0.25, 0.3) is 11.3 Å². The highest BCUT2D eigenvalue weighted by Crippen LogP contribution is 2.38. The molecule has 0 saturated carbocycles. The number of carbonyl (C=O) groups excluding carboxylic acids is 1. The number of thiazole rings is 1. The van der Waals surface area contributed by atoms with Gasteiger partial charge in [0.05, 0.1) is 30.2 Å². The molecule has 0 radical (unpaired) electrons. The number of aromatic nitrogens is 3. The second-order valence-electron chi connectivity index (χ2n) is 7.40. The predicted octanol–water partition coefficient (Wildman–Crippen LogP) is 5.29. The molecule has 1 aromatic carbocycles. The maximum Gasteiger partial charge on any atom is 0.277 e. The van der Waals surface area contributed by atoms with Crippen molar-refractivity contribution < 1.29 is 13.9 Å². The molecule has 1 fully saturated rings. The molecular formula is C21H20Cl2FN5O2S. The highest BCUT2D eigenvalue weighted by atomic mass is 35.5. The van der Waals surface area contributed by atoms with Crippen LogP contribution in [0.15, 0.2) is 24.5 Å². The van der Waals surface area contributed by atoms with Gasteiger partial charge in [-0.3, -0.25) is 15.0 Å². The standard InChI is InChI=1S/C21H20Cl2FN5O2S/c1-11-4-3-5-29(11)10-16-18(12-6-13(22)19(31-2)14(24)7-12)27-21(32-16)28-20(30)15-8-26-17(23)9-25-15/h6-9,11H,3-5,10H2,1-2H3,(H,27,28,30). The van der Waals surface area contributed by atoms with E-state index >= 15 is 0 Å². The molecule has 4 rings (SSSR count). The molecule has 168 valence electrons. The summed E-state index contributed by atoms with van der Waals surface area (Å²) < 4.78 is 19.5. The summed E-state index contributed by atoms with van der Waals surface area (Å²) in [4.78, 5) is 28.3. The van der Waals surface area contributed by atoms with Crippen LogP contribution in [-0.4, -0.2) is 45.5 Å². The number of amides is 1. The zero-order chi connectivity index (χ0) is 22.8. The van der Waals surface area contributed by atoms with Crippen LogP contribution in [-0.2, 0) is 6.54 Å². The van der Waals surface area contributed by atoms with Gasteiger partial charge in [-0.05, 0) is 38.4 Å². The van der Waals surface area contributed by atoms with Crippen LogP contribution >= 0.6 is 34.5 Å².